The van der Waals surface area contributed by atoms with Gasteiger partial charge in [-0.3, -0.25) is 9.59 Å². The number of ether oxygens (including phenoxy) is 1. The lowest BCUT2D eigenvalue weighted by Crippen LogP contribution is -2.42. The molecule has 1 fully saturated rings. The molecule has 1 aliphatic heterocycles. The minimum Gasteiger partial charge on any atom is -0.493 e. The maximum Gasteiger partial charge on any atom is 0.289 e. The minimum absolute atomic E-state index is 0.0418. The zero-order valence-electron chi connectivity index (χ0n) is 16.7. The van der Waals surface area contributed by atoms with E-state index in [4.69, 9.17) is 9.15 Å². The Morgan fingerprint density at radius 3 is 2.60 bits per heavy atom. The highest BCUT2D eigenvalue weighted by Crippen LogP contribution is 2.29. The van der Waals surface area contributed by atoms with E-state index < -0.39 is 0 Å². The van der Waals surface area contributed by atoms with E-state index in [2.05, 4.69) is 5.32 Å². The van der Waals surface area contributed by atoms with Crippen molar-refractivity contribution in [3.8, 4) is 5.75 Å². The van der Waals surface area contributed by atoms with Gasteiger partial charge in [-0.25, -0.2) is 4.39 Å². The molecule has 30 heavy (non-hydrogen) atoms. The molecule has 0 atom stereocenters. The zero-order valence-corrected chi connectivity index (χ0v) is 16.7. The van der Waals surface area contributed by atoms with Crippen molar-refractivity contribution in [1.82, 2.24) is 10.2 Å². The van der Waals surface area contributed by atoms with Crippen molar-refractivity contribution >= 4 is 22.8 Å². The lowest BCUT2D eigenvalue weighted by molar-refractivity contribution is -0.126. The molecule has 1 saturated heterocycles. The van der Waals surface area contributed by atoms with Crippen LogP contribution in [0.1, 0.15) is 29.0 Å². The molecule has 2 amide bonds. The third-order valence-corrected chi connectivity index (χ3v) is 5.47. The Hall–Kier alpha value is -3.35. The number of nitrogens with zero attached hydrogens (tertiary/aromatic N) is 1. The molecule has 4 rings (SSSR count). The van der Waals surface area contributed by atoms with Crippen molar-refractivity contribution in [2.45, 2.75) is 19.4 Å². The SMILES string of the molecule is COc1cccc2cc(C(=O)N3CCC(C(=O)NCc4ccc(F)cc4)CC3)oc12. The van der Waals surface area contributed by atoms with E-state index in [9.17, 15) is 14.0 Å². The molecule has 0 spiro atoms. The maximum absolute atomic E-state index is 13.0. The molecule has 0 saturated carbocycles. The van der Waals surface area contributed by atoms with Gasteiger partial charge in [-0.05, 0) is 42.7 Å². The number of likely N-dealkylation sites (tertiary alicyclic amines) is 1. The number of fused-ring (bicyclic) bond motifs is 1. The van der Waals surface area contributed by atoms with Crippen molar-refractivity contribution in [3.05, 3.63) is 65.7 Å². The van der Waals surface area contributed by atoms with Crippen molar-refractivity contribution in [2.75, 3.05) is 20.2 Å². The maximum atomic E-state index is 13.0. The molecule has 156 valence electrons. The van der Waals surface area contributed by atoms with Crippen LogP contribution in [-0.4, -0.2) is 36.9 Å². The van der Waals surface area contributed by atoms with Crippen LogP contribution in [0.4, 0.5) is 4.39 Å². The number of furan rings is 1. The van der Waals surface area contributed by atoms with Crippen molar-refractivity contribution in [2.24, 2.45) is 5.92 Å². The summed E-state index contributed by atoms with van der Waals surface area (Å²) < 4.78 is 24.0. The van der Waals surface area contributed by atoms with Gasteiger partial charge in [0.05, 0.1) is 7.11 Å². The van der Waals surface area contributed by atoms with Crippen LogP contribution in [0.15, 0.2) is 52.9 Å². The summed E-state index contributed by atoms with van der Waals surface area (Å²) >= 11 is 0. The minimum atomic E-state index is -0.301. The number of hydrogen-bond donors (Lipinski definition) is 1. The number of methoxy groups -OCH3 is 1. The fraction of sp³-hybridized carbons (Fsp3) is 0.304. The van der Waals surface area contributed by atoms with Gasteiger partial charge in [0, 0.05) is 30.9 Å². The number of carbonyl (C=O) groups is 2. The van der Waals surface area contributed by atoms with Crippen LogP contribution in [0.5, 0.6) is 5.75 Å². The summed E-state index contributed by atoms with van der Waals surface area (Å²) in [4.78, 5) is 27.0. The number of carbonyl (C=O) groups excluding carboxylic acids is 2. The monoisotopic (exact) mass is 410 g/mol. The summed E-state index contributed by atoms with van der Waals surface area (Å²) in [6, 6.07) is 13.3. The molecule has 6 nitrogen and oxygen atoms in total. The standard InChI is InChI=1S/C23H23FN2O4/c1-29-19-4-2-3-17-13-20(30-21(17)19)23(28)26-11-9-16(10-12-26)22(27)25-14-15-5-7-18(24)8-6-15/h2-8,13,16H,9-12,14H2,1H3,(H,25,27). The highest BCUT2D eigenvalue weighted by molar-refractivity contribution is 5.97. The largest absolute Gasteiger partial charge is 0.493 e. The first-order valence-corrected chi connectivity index (χ1v) is 9.93. The first kappa shape index (κ1) is 19.9. The molecule has 0 radical (unpaired) electrons. The second kappa shape index (κ2) is 8.57. The van der Waals surface area contributed by atoms with Gasteiger partial charge in [0.25, 0.3) is 5.91 Å². The van der Waals surface area contributed by atoms with Crippen LogP contribution in [0.2, 0.25) is 0 Å². The van der Waals surface area contributed by atoms with Crippen LogP contribution < -0.4 is 10.1 Å². The van der Waals surface area contributed by atoms with Crippen molar-refractivity contribution in [1.29, 1.82) is 0 Å². The summed E-state index contributed by atoms with van der Waals surface area (Å²) in [5, 5.41) is 3.71. The predicted molar refractivity (Wildman–Crippen MR) is 110 cm³/mol. The summed E-state index contributed by atoms with van der Waals surface area (Å²) in [5.41, 5.74) is 1.40. The number of hydrogen-bond acceptors (Lipinski definition) is 4. The Balaban J connectivity index is 1.33. The molecule has 2 heterocycles. The third-order valence-electron chi connectivity index (χ3n) is 5.47. The number of benzene rings is 2. The van der Waals surface area contributed by atoms with E-state index in [0.29, 0.717) is 43.8 Å². The van der Waals surface area contributed by atoms with E-state index in [1.54, 1.807) is 36.3 Å². The van der Waals surface area contributed by atoms with E-state index in [-0.39, 0.29) is 29.3 Å². The molecule has 1 aromatic heterocycles. The summed E-state index contributed by atoms with van der Waals surface area (Å²) in [6.45, 7) is 1.34. The summed E-state index contributed by atoms with van der Waals surface area (Å²) in [6.07, 6.45) is 1.18. The smallest absolute Gasteiger partial charge is 0.289 e. The lowest BCUT2D eigenvalue weighted by atomic mass is 9.95. The predicted octanol–water partition coefficient (Wildman–Crippen LogP) is 3.75. The Morgan fingerprint density at radius 2 is 1.90 bits per heavy atom. The highest BCUT2D eigenvalue weighted by atomic mass is 19.1. The van der Waals surface area contributed by atoms with Crippen molar-refractivity contribution < 1.29 is 23.1 Å². The Morgan fingerprint density at radius 1 is 1.17 bits per heavy atom. The molecule has 0 unspecified atom stereocenters. The number of para-hydroxylation sites is 1. The van der Waals surface area contributed by atoms with Crippen LogP contribution in [0.3, 0.4) is 0 Å². The fourth-order valence-electron chi connectivity index (χ4n) is 3.74. The molecule has 3 aromatic rings. The van der Waals surface area contributed by atoms with Gasteiger partial charge >= 0.3 is 0 Å². The molecular formula is C23H23FN2O4. The normalized spacial score (nSPS) is 14.7. The second-order valence-corrected chi connectivity index (χ2v) is 7.40. The number of amides is 2. The molecule has 2 aromatic carbocycles. The number of piperidine rings is 1. The second-order valence-electron chi connectivity index (χ2n) is 7.40. The topological polar surface area (TPSA) is 71.8 Å². The van der Waals surface area contributed by atoms with Crippen LogP contribution in [-0.2, 0) is 11.3 Å². The van der Waals surface area contributed by atoms with Gasteiger partial charge in [-0.2, -0.15) is 0 Å². The van der Waals surface area contributed by atoms with Crippen LogP contribution in [0.25, 0.3) is 11.0 Å². The van der Waals surface area contributed by atoms with E-state index in [1.165, 1.54) is 12.1 Å². The zero-order chi connectivity index (χ0) is 21.1. The van der Waals surface area contributed by atoms with Gasteiger partial charge in [-0.1, -0.05) is 24.3 Å². The number of rotatable bonds is 5. The van der Waals surface area contributed by atoms with Crippen LogP contribution in [0, 0.1) is 11.7 Å². The van der Waals surface area contributed by atoms with Gasteiger partial charge in [0.1, 0.15) is 5.82 Å². The average molecular weight is 410 g/mol. The van der Waals surface area contributed by atoms with Gasteiger partial charge in [-0.15, -0.1) is 0 Å². The molecular weight excluding hydrogens is 387 g/mol. The average Bonchev–Trinajstić information content (AvgIpc) is 3.22. The fourth-order valence-corrected chi connectivity index (χ4v) is 3.74. The Kier molecular flexibility index (Phi) is 5.70. The summed E-state index contributed by atoms with van der Waals surface area (Å²) in [5.74, 6) is 0.186. The van der Waals surface area contributed by atoms with E-state index >= 15 is 0 Å². The van der Waals surface area contributed by atoms with Crippen LogP contribution >= 0.6 is 0 Å². The Bertz CT molecular complexity index is 1050. The van der Waals surface area contributed by atoms with Crippen molar-refractivity contribution in [3.63, 3.8) is 0 Å². The number of halogens is 1. The molecule has 7 heteroatoms. The van der Waals surface area contributed by atoms with E-state index in [1.807, 2.05) is 12.1 Å². The van der Waals surface area contributed by atoms with Gasteiger partial charge in [0.2, 0.25) is 5.91 Å². The number of nitrogens with one attached hydrogen (secondary N) is 1. The Labute approximate surface area is 173 Å². The lowest BCUT2D eigenvalue weighted by Gasteiger charge is -2.30. The quantitative estimate of drug-likeness (QED) is 0.695. The third kappa shape index (κ3) is 4.15. The van der Waals surface area contributed by atoms with Gasteiger partial charge in [0.15, 0.2) is 17.1 Å². The molecule has 1 N–H and O–H groups in total. The molecule has 1 aliphatic rings. The molecule has 0 bridgehead atoms. The molecule has 0 aliphatic carbocycles. The first-order valence-electron chi connectivity index (χ1n) is 9.93. The van der Waals surface area contributed by atoms with Gasteiger partial charge < -0.3 is 19.4 Å². The summed E-state index contributed by atoms with van der Waals surface area (Å²) in [7, 11) is 1.56. The first-order chi connectivity index (χ1) is 14.5. The highest BCUT2D eigenvalue weighted by Gasteiger charge is 2.29. The van der Waals surface area contributed by atoms with E-state index in [0.717, 1.165) is 10.9 Å².